The molecule has 2 unspecified atom stereocenters. The molecular formula is C11H14N2O2. The summed E-state index contributed by atoms with van der Waals surface area (Å²) in [6.07, 6.45) is 0.719. The number of nitrogens with one attached hydrogen (secondary N) is 2. The van der Waals surface area contributed by atoms with E-state index in [2.05, 4.69) is 15.6 Å². The van der Waals surface area contributed by atoms with Crippen molar-refractivity contribution in [3.63, 3.8) is 0 Å². The van der Waals surface area contributed by atoms with E-state index in [-0.39, 0.29) is 18.1 Å². The van der Waals surface area contributed by atoms with E-state index in [4.69, 9.17) is 0 Å². The maximum Gasteiger partial charge on any atom is 0.324 e. The molecule has 0 bridgehead atoms. The van der Waals surface area contributed by atoms with E-state index in [1.165, 1.54) is 12.7 Å². The SMILES string of the molecule is COC(=O)C1CC(c2ccccc2)NN1. The van der Waals surface area contributed by atoms with Crippen LogP contribution in [0.4, 0.5) is 0 Å². The zero-order valence-electron chi connectivity index (χ0n) is 8.57. The predicted molar refractivity (Wildman–Crippen MR) is 55.9 cm³/mol. The molecule has 1 aliphatic rings. The van der Waals surface area contributed by atoms with Gasteiger partial charge in [0.1, 0.15) is 6.04 Å². The summed E-state index contributed by atoms with van der Waals surface area (Å²) in [6.45, 7) is 0. The molecule has 2 N–H and O–H groups in total. The highest BCUT2D eigenvalue weighted by atomic mass is 16.5. The first-order valence-electron chi connectivity index (χ1n) is 4.95. The first kappa shape index (κ1) is 10.1. The van der Waals surface area contributed by atoms with Gasteiger partial charge in [0, 0.05) is 6.04 Å². The minimum absolute atomic E-state index is 0.176. The van der Waals surface area contributed by atoms with Gasteiger partial charge >= 0.3 is 5.97 Å². The average Bonchev–Trinajstić information content (AvgIpc) is 2.78. The Hall–Kier alpha value is -1.39. The fourth-order valence-electron chi connectivity index (χ4n) is 1.76. The van der Waals surface area contributed by atoms with Gasteiger partial charge < -0.3 is 4.74 Å². The predicted octanol–water partition coefficient (Wildman–Crippen LogP) is 0.767. The summed E-state index contributed by atoms with van der Waals surface area (Å²) in [5.74, 6) is -0.221. The number of hydrogen-bond acceptors (Lipinski definition) is 4. The number of carbonyl (C=O) groups is 1. The minimum Gasteiger partial charge on any atom is -0.468 e. The molecule has 1 saturated heterocycles. The molecule has 1 aromatic rings. The Balaban J connectivity index is 2.02. The summed E-state index contributed by atoms with van der Waals surface area (Å²) in [4.78, 5) is 11.3. The highest BCUT2D eigenvalue weighted by molar-refractivity contribution is 5.76. The summed E-state index contributed by atoms with van der Waals surface area (Å²) >= 11 is 0. The molecule has 4 heteroatoms. The minimum atomic E-state index is -0.250. The van der Waals surface area contributed by atoms with Crippen LogP contribution in [-0.4, -0.2) is 19.1 Å². The summed E-state index contributed by atoms with van der Waals surface area (Å²) in [5, 5.41) is 0. The van der Waals surface area contributed by atoms with Gasteiger partial charge in [-0.25, -0.2) is 10.9 Å². The van der Waals surface area contributed by atoms with Crippen LogP contribution in [0.25, 0.3) is 0 Å². The van der Waals surface area contributed by atoms with Crippen molar-refractivity contribution in [1.82, 2.24) is 10.9 Å². The van der Waals surface area contributed by atoms with Crippen molar-refractivity contribution in [2.24, 2.45) is 0 Å². The summed E-state index contributed by atoms with van der Waals surface area (Å²) in [7, 11) is 1.40. The van der Waals surface area contributed by atoms with Crippen molar-refractivity contribution < 1.29 is 9.53 Å². The molecule has 15 heavy (non-hydrogen) atoms. The molecule has 4 nitrogen and oxygen atoms in total. The number of benzene rings is 1. The van der Waals surface area contributed by atoms with Crippen molar-refractivity contribution in [2.75, 3.05) is 7.11 Å². The number of hydrogen-bond donors (Lipinski definition) is 2. The monoisotopic (exact) mass is 206 g/mol. The molecule has 0 aromatic heterocycles. The molecule has 0 spiro atoms. The van der Waals surface area contributed by atoms with Crippen LogP contribution in [0, 0.1) is 0 Å². The fraction of sp³-hybridized carbons (Fsp3) is 0.364. The lowest BCUT2D eigenvalue weighted by atomic mass is 10.0. The highest BCUT2D eigenvalue weighted by Crippen LogP contribution is 2.21. The molecule has 2 rings (SSSR count). The molecular weight excluding hydrogens is 192 g/mol. The van der Waals surface area contributed by atoms with E-state index in [0.29, 0.717) is 0 Å². The molecule has 0 radical (unpaired) electrons. The number of carbonyl (C=O) groups excluding carboxylic acids is 1. The standard InChI is InChI=1S/C11H14N2O2/c1-15-11(14)10-7-9(12-13-10)8-5-3-2-4-6-8/h2-6,9-10,12-13H,7H2,1H3. The smallest absolute Gasteiger partial charge is 0.324 e. The van der Waals surface area contributed by atoms with E-state index in [1.54, 1.807) is 0 Å². The molecule has 1 fully saturated rings. The van der Waals surface area contributed by atoms with Crippen LogP contribution in [0.15, 0.2) is 30.3 Å². The summed E-state index contributed by atoms with van der Waals surface area (Å²) in [5.41, 5.74) is 7.20. The van der Waals surface area contributed by atoms with Crippen LogP contribution in [0.3, 0.4) is 0 Å². The Bertz CT molecular complexity index is 340. The van der Waals surface area contributed by atoms with Gasteiger partial charge in [0.2, 0.25) is 0 Å². The number of rotatable bonds is 2. The second kappa shape index (κ2) is 4.42. The molecule has 2 atom stereocenters. The molecule has 0 amide bonds. The van der Waals surface area contributed by atoms with E-state index >= 15 is 0 Å². The van der Waals surface area contributed by atoms with Crippen molar-refractivity contribution in [1.29, 1.82) is 0 Å². The fourth-order valence-corrected chi connectivity index (χ4v) is 1.76. The molecule has 80 valence electrons. The molecule has 1 heterocycles. The Morgan fingerprint density at radius 2 is 2.07 bits per heavy atom. The zero-order valence-corrected chi connectivity index (χ0v) is 8.57. The Morgan fingerprint density at radius 1 is 1.33 bits per heavy atom. The highest BCUT2D eigenvalue weighted by Gasteiger charge is 2.30. The van der Waals surface area contributed by atoms with E-state index in [1.807, 2.05) is 30.3 Å². The van der Waals surface area contributed by atoms with Gasteiger partial charge in [0.15, 0.2) is 0 Å². The first-order chi connectivity index (χ1) is 7.31. The number of esters is 1. The average molecular weight is 206 g/mol. The van der Waals surface area contributed by atoms with Gasteiger partial charge in [-0.05, 0) is 12.0 Å². The van der Waals surface area contributed by atoms with Crippen LogP contribution in [0.5, 0.6) is 0 Å². The molecule has 1 aliphatic heterocycles. The number of methoxy groups -OCH3 is 1. The molecule has 0 aliphatic carbocycles. The number of hydrazine groups is 1. The van der Waals surface area contributed by atoms with Crippen LogP contribution in [0.2, 0.25) is 0 Å². The van der Waals surface area contributed by atoms with Gasteiger partial charge in [0.05, 0.1) is 7.11 Å². The van der Waals surface area contributed by atoms with Crippen LogP contribution in [-0.2, 0) is 9.53 Å². The van der Waals surface area contributed by atoms with E-state index in [0.717, 1.165) is 6.42 Å². The lowest BCUT2D eigenvalue weighted by Crippen LogP contribution is -2.36. The maximum atomic E-state index is 11.3. The van der Waals surface area contributed by atoms with Gasteiger partial charge in [0.25, 0.3) is 0 Å². The number of ether oxygens (including phenoxy) is 1. The summed E-state index contributed by atoms with van der Waals surface area (Å²) < 4.78 is 4.68. The summed E-state index contributed by atoms with van der Waals surface area (Å²) in [6, 6.07) is 9.96. The lowest BCUT2D eigenvalue weighted by molar-refractivity contribution is -0.142. The third kappa shape index (κ3) is 2.16. The normalized spacial score (nSPS) is 25.1. The van der Waals surface area contributed by atoms with Crippen LogP contribution < -0.4 is 10.9 Å². The largest absolute Gasteiger partial charge is 0.468 e. The Kier molecular flexibility index (Phi) is 2.99. The van der Waals surface area contributed by atoms with Gasteiger partial charge in [-0.15, -0.1) is 0 Å². The van der Waals surface area contributed by atoms with E-state index < -0.39 is 0 Å². The second-order valence-corrected chi connectivity index (χ2v) is 3.56. The molecule has 0 saturated carbocycles. The third-order valence-electron chi connectivity index (χ3n) is 2.59. The quantitative estimate of drug-likeness (QED) is 0.702. The molecule has 1 aromatic carbocycles. The lowest BCUT2D eigenvalue weighted by Gasteiger charge is -2.08. The van der Waals surface area contributed by atoms with Crippen molar-refractivity contribution >= 4 is 5.97 Å². The topological polar surface area (TPSA) is 50.4 Å². The third-order valence-corrected chi connectivity index (χ3v) is 2.59. The van der Waals surface area contributed by atoms with Gasteiger partial charge in [-0.1, -0.05) is 30.3 Å². The van der Waals surface area contributed by atoms with E-state index in [9.17, 15) is 4.79 Å². The first-order valence-corrected chi connectivity index (χ1v) is 4.95. The second-order valence-electron chi connectivity index (χ2n) is 3.56. The van der Waals surface area contributed by atoms with Gasteiger partial charge in [-0.2, -0.15) is 0 Å². The van der Waals surface area contributed by atoms with Crippen molar-refractivity contribution in [3.05, 3.63) is 35.9 Å². The van der Waals surface area contributed by atoms with Gasteiger partial charge in [-0.3, -0.25) is 4.79 Å². The van der Waals surface area contributed by atoms with Crippen molar-refractivity contribution in [2.45, 2.75) is 18.5 Å². The van der Waals surface area contributed by atoms with Crippen molar-refractivity contribution in [3.8, 4) is 0 Å². The Labute approximate surface area is 88.6 Å². The zero-order chi connectivity index (χ0) is 10.7. The van der Waals surface area contributed by atoms with Crippen LogP contribution >= 0.6 is 0 Å². The maximum absolute atomic E-state index is 11.3. The van der Waals surface area contributed by atoms with Crippen LogP contribution in [0.1, 0.15) is 18.0 Å². The Morgan fingerprint density at radius 3 is 2.73 bits per heavy atom.